The predicted octanol–water partition coefficient (Wildman–Crippen LogP) is 1.81. The summed E-state index contributed by atoms with van der Waals surface area (Å²) in [6.07, 6.45) is 3.94. The molecule has 0 aliphatic heterocycles. The van der Waals surface area contributed by atoms with Gasteiger partial charge in [-0.3, -0.25) is 4.79 Å². The molecule has 0 saturated heterocycles. The van der Waals surface area contributed by atoms with Gasteiger partial charge in [-0.1, -0.05) is 6.92 Å². The van der Waals surface area contributed by atoms with E-state index < -0.39 is 0 Å². The van der Waals surface area contributed by atoms with Crippen molar-refractivity contribution in [2.24, 2.45) is 5.41 Å². The maximum atomic E-state index is 11.4. The zero-order valence-electron chi connectivity index (χ0n) is 7.67. The molecule has 0 aromatic carbocycles. The molecule has 0 atom stereocenters. The molecule has 1 aromatic rings. The fourth-order valence-corrected chi connectivity index (χ4v) is 1.18. The predicted molar refractivity (Wildman–Crippen MR) is 48.4 cm³/mol. The van der Waals surface area contributed by atoms with Crippen LogP contribution in [0.2, 0.25) is 0 Å². The van der Waals surface area contributed by atoms with Crippen LogP contribution < -0.4 is 5.32 Å². The van der Waals surface area contributed by atoms with E-state index in [4.69, 9.17) is 4.42 Å². The Morgan fingerprint density at radius 2 is 2.46 bits per heavy atom. The van der Waals surface area contributed by atoms with Crippen LogP contribution in [0.15, 0.2) is 22.8 Å². The summed E-state index contributed by atoms with van der Waals surface area (Å²) < 4.78 is 4.97. The maximum Gasteiger partial charge on any atom is 0.286 e. The molecular formula is C10H13NO2. The van der Waals surface area contributed by atoms with Crippen LogP contribution in [0.25, 0.3) is 0 Å². The highest BCUT2D eigenvalue weighted by Crippen LogP contribution is 2.44. The molecule has 3 nitrogen and oxygen atoms in total. The van der Waals surface area contributed by atoms with Crippen molar-refractivity contribution < 1.29 is 9.21 Å². The van der Waals surface area contributed by atoms with Crippen molar-refractivity contribution in [2.45, 2.75) is 19.8 Å². The molecule has 0 radical (unpaired) electrons. The van der Waals surface area contributed by atoms with Gasteiger partial charge in [0.1, 0.15) is 0 Å². The van der Waals surface area contributed by atoms with E-state index in [0.717, 1.165) is 6.54 Å². The minimum atomic E-state index is -0.113. The summed E-state index contributed by atoms with van der Waals surface area (Å²) >= 11 is 0. The number of rotatable bonds is 3. The van der Waals surface area contributed by atoms with E-state index >= 15 is 0 Å². The molecule has 1 amide bonds. The van der Waals surface area contributed by atoms with Crippen molar-refractivity contribution >= 4 is 5.91 Å². The lowest BCUT2D eigenvalue weighted by Gasteiger charge is -2.08. The van der Waals surface area contributed by atoms with Gasteiger partial charge in [-0.25, -0.2) is 0 Å². The second-order valence-corrected chi connectivity index (χ2v) is 3.97. The van der Waals surface area contributed by atoms with Crippen molar-refractivity contribution in [1.29, 1.82) is 0 Å². The normalized spacial score (nSPS) is 18.2. The number of hydrogen-bond donors (Lipinski definition) is 1. The number of carbonyl (C=O) groups is 1. The highest BCUT2D eigenvalue weighted by molar-refractivity contribution is 5.91. The molecule has 0 spiro atoms. The van der Waals surface area contributed by atoms with E-state index in [1.807, 2.05) is 0 Å². The van der Waals surface area contributed by atoms with Crippen molar-refractivity contribution in [1.82, 2.24) is 5.32 Å². The van der Waals surface area contributed by atoms with Crippen molar-refractivity contribution in [3.8, 4) is 0 Å². The first kappa shape index (κ1) is 8.35. The Labute approximate surface area is 77.1 Å². The summed E-state index contributed by atoms with van der Waals surface area (Å²) in [6.45, 7) is 2.93. The molecule has 13 heavy (non-hydrogen) atoms. The summed E-state index contributed by atoms with van der Waals surface area (Å²) in [7, 11) is 0. The average molecular weight is 179 g/mol. The maximum absolute atomic E-state index is 11.4. The minimum Gasteiger partial charge on any atom is -0.459 e. The molecule has 0 bridgehead atoms. The summed E-state index contributed by atoms with van der Waals surface area (Å²) in [4.78, 5) is 11.4. The monoisotopic (exact) mass is 179 g/mol. The SMILES string of the molecule is CC1(CNC(=O)c2ccco2)CC1. The Hall–Kier alpha value is -1.25. The van der Waals surface area contributed by atoms with Gasteiger partial charge < -0.3 is 9.73 Å². The van der Waals surface area contributed by atoms with Crippen LogP contribution >= 0.6 is 0 Å². The largest absolute Gasteiger partial charge is 0.459 e. The first-order chi connectivity index (χ1) is 6.20. The van der Waals surface area contributed by atoms with Crippen molar-refractivity contribution in [3.05, 3.63) is 24.2 Å². The van der Waals surface area contributed by atoms with E-state index in [1.165, 1.54) is 19.1 Å². The van der Waals surface area contributed by atoms with Crippen molar-refractivity contribution in [3.63, 3.8) is 0 Å². The highest BCUT2D eigenvalue weighted by atomic mass is 16.3. The molecule has 1 N–H and O–H groups in total. The Balaban J connectivity index is 1.85. The number of hydrogen-bond acceptors (Lipinski definition) is 2. The van der Waals surface area contributed by atoms with Gasteiger partial charge >= 0.3 is 0 Å². The molecule has 1 fully saturated rings. The first-order valence-electron chi connectivity index (χ1n) is 4.51. The fraction of sp³-hybridized carbons (Fsp3) is 0.500. The van der Waals surface area contributed by atoms with E-state index in [9.17, 15) is 4.79 Å². The Morgan fingerprint density at radius 3 is 3.00 bits per heavy atom. The molecule has 0 unspecified atom stereocenters. The van der Waals surface area contributed by atoms with E-state index in [-0.39, 0.29) is 5.91 Å². The van der Waals surface area contributed by atoms with Gasteiger partial charge in [0.2, 0.25) is 0 Å². The Morgan fingerprint density at radius 1 is 1.69 bits per heavy atom. The second kappa shape index (κ2) is 2.91. The van der Waals surface area contributed by atoms with E-state index in [2.05, 4.69) is 12.2 Å². The van der Waals surface area contributed by atoms with Crippen LogP contribution in [0.4, 0.5) is 0 Å². The third-order valence-corrected chi connectivity index (χ3v) is 2.52. The van der Waals surface area contributed by atoms with Gasteiger partial charge in [-0.05, 0) is 30.4 Å². The zero-order valence-corrected chi connectivity index (χ0v) is 7.67. The van der Waals surface area contributed by atoms with Crippen LogP contribution in [-0.2, 0) is 0 Å². The zero-order chi connectivity index (χ0) is 9.31. The summed E-state index contributed by atoms with van der Waals surface area (Å²) in [5.41, 5.74) is 0.349. The average Bonchev–Trinajstić information content (AvgIpc) is 2.69. The summed E-state index contributed by atoms with van der Waals surface area (Å²) in [6, 6.07) is 3.39. The van der Waals surface area contributed by atoms with Gasteiger partial charge in [0, 0.05) is 6.54 Å². The number of furan rings is 1. The van der Waals surface area contributed by atoms with Crippen LogP contribution in [0, 0.1) is 5.41 Å². The number of carbonyl (C=O) groups excluding carboxylic acids is 1. The fourth-order valence-electron chi connectivity index (χ4n) is 1.18. The van der Waals surface area contributed by atoms with Crippen molar-refractivity contribution in [2.75, 3.05) is 6.54 Å². The first-order valence-corrected chi connectivity index (χ1v) is 4.51. The van der Waals surface area contributed by atoms with Crippen LogP contribution in [0.5, 0.6) is 0 Å². The topological polar surface area (TPSA) is 42.2 Å². The molecule has 1 heterocycles. The second-order valence-electron chi connectivity index (χ2n) is 3.97. The van der Waals surface area contributed by atoms with Gasteiger partial charge in [0.25, 0.3) is 5.91 Å². The quantitative estimate of drug-likeness (QED) is 0.768. The number of amides is 1. The lowest BCUT2D eigenvalue weighted by Crippen LogP contribution is -2.28. The standard InChI is InChI=1S/C10H13NO2/c1-10(4-5-10)7-11-9(12)8-3-2-6-13-8/h2-3,6H,4-5,7H2,1H3,(H,11,12). The summed E-state index contributed by atoms with van der Waals surface area (Å²) in [5, 5.41) is 2.85. The van der Waals surface area contributed by atoms with Gasteiger partial charge in [-0.2, -0.15) is 0 Å². The van der Waals surface area contributed by atoms with Gasteiger partial charge in [-0.15, -0.1) is 0 Å². The molecule has 1 saturated carbocycles. The van der Waals surface area contributed by atoms with Crippen LogP contribution in [0.3, 0.4) is 0 Å². The minimum absolute atomic E-state index is 0.113. The van der Waals surface area contributed by atoms with E-state index in [1.54, 1.807) is 12.1 Å². The molecule has 70 valence electrons. The van der Waals surface area contributed by atoms with Crippen LogP contribution in [-0.4, -0.2) is 12.5 Å². The highest BCUT2D eigenvalue weighted by Gasteiger charge is 2.37. The lowest BCUT2D eigenvalue weighted by molar-refractivity contribution is 0.0918. The summed E-state index contributed by atoms with van der Waals surface area (Å²) in [5.74, 6) is 0.280. The molecule has 1 aromatic heterocycles. The molecule has 1 aliphatic carbocycles. The Bertz CT molecular complexity index is 299. The van der Waals surface area contributed by atoms with Gasteiger partial charge in [0.05, 0.1) is 6.26 Å². The Kier molecular flexibility index (Phi) is 1.87. The van der Waals surface area contributed by atoms with E-state index in [0.29, 0.717) is 11.2 Å². The third-order valence-electron chi connectivity index (χ3n) is 2.52. The lowest BCUT2D eigenvalue weighted by atomic mass is 10.1. The number of nitrogens with one attached hydrogen (secondary N) is 1. The molecular weight excluding hydrogens is 166 g/mol. The molecule has 3 heteroatoms. The smallest absolute Gasteiger partial charge is 0.286 e. The third kappa shape index (κ3) is 1.91. The molecule has 2 rings (SSSR count). The van der Waals surface area contributed by atoms with Crippen LogP contribution in [0.1, 0.15) is 30.3 Å². The molecule has 1 aliphatic rings. The van der Waals surface area contributed by atoms with Gasteiger partial charge in [0.15, 0.2) is 5.76 Å².